The van der Waals surface area contributed by atoms with E-state index >= 15 is 0 Å². The number of benzene rings is 3. The van der Waals surface area contributed by atoms with E-state index in [4.69, 9.17) is 0 Å². The highest BCUT2D eigenvalue weighted by Crippen LogP contribution is 2.41. The fourth-order valence-corrected chi connectivity index (χ4v) is 4.65. The van der Waals surface area contributed by atoms with Gasteiger partial charge in [-0.3, -0.25) is 0 Å². The Morgan fingerprint density at radius 2 is 1.41 bits per heavy atom. The van der Waals surface area contributed by atoms with Gasteiger partial charge in [0.25, 0.3) is 0 Å². The molecular formula is C25H25NS. The first-order valence-electron chi connectivity index (χ1n) is 9.43. The first kappa shape index (κ1) is 17.9. The van der Waals surface area contributed by atoms with Crippen molar-refractivity contribution >= 4 is 23.0 Å². The molecule has 0 amide bonds. The lowest BCUT2D eigenvalue weighted by Crippen LogP contribution is -2.32. The van der Waals surface area contributed by atoms with Gasteiger partial charge in [-0.1, -0.05) is 84.9 Å². The maximum atomic E-state index is 3.76. The number of hydrogen-bond acceptors (Lipinski definition) is 2. The molecule has 3 aromatic rings. The number of nitrogens with one attached hydrogen (secondary N) is 1. The lowest BCUT2D eigenvalue weighted by molar-refractivity contribution is 0.708. The van der Waals surface area contributed by atoms with Crippen LogP contribution in [0.1, 0.15) is 25.0 Å². The topological polar surface area (TPSA) is 12.0 Å². The molecule has 4 rings (SSSR count). The molecule has 0 unspecified atom stereocenters. The summed E-state index contributed by atoms with van der Waals surface area (Å²) >= 11 is 1.98. The molecule has 0 aromatic heterocycles. The smallest absolute Gasteiger partial charge is 0.0506 e. The lowest BCUT2D eigenvalue weighted by Gasteiger charge is -2.34. The quantitative estimate of drug-likeness (QED) is 0.525. The average Bonchev–Trinajstić information content (AvgIpc) is 2.68. The van der Waals surface area contributed by atoms with Crippen LogP contribution in [0.25, 0.3) is 16.7 Å². The Kier molecular flexibility index (Phi) is 5.09. The Morgan fingerprint density at radius 3 is 2.15 bits per heavy atom. The van der Waals surface area contributed by atoms with Crippen LogP contribution in [0.3, 0.4) is 0 Å². The van der Waals surface area contributed by atoms with Crippen molar-refractivity contribution in [2.75, 3.05) is 11.1 Å². The summed E-state index contributed by atoms with van der Waals surface area (Å²) in [5.41, 5.74) is 7.88. The fourth-order valence-electron chi connectivity index (χ4n) is 3.66. The first-order chi connectivity index (χ1) is 13.1. The maximum absolute atomic E-state index is 3.76. The van der Waals surface area contributed by atoms with Crippen LogP contribution in [-0.2, 0) is 5.75 Å². The highest BCUT2D eigenvalue weighted by molar-refractivity contribution is 7.98. The molecule has 0 saturated carbocycles. The molecule has 0 aliphatic carbocycles. The zero-order valence-electron chi connectivity index (χ0n) is 15.9. The number of fused-ring (bicyclic) bond motifs is 1. The predicted octanol–water partition coefficient (Wildman–Crippen LogP) is 6.87. The lowest BCUT2D eigenvalue weighted by atomic mass is 9.88. The Bertz CT molecular complexity index is 943. The van der Waals surface area contributed by atoms with E-state index < -0.39 is 0 Å². The molecule has 1 aliphatic rings. The Hall–Kier alpha value is -2.45. The van der Waals surface area contributed by atoms with Crippen LogP contribution in [0.15, 0.2) is 84.9 Å². The van der Waals surface area contributed by atoms with Crippen molar-refractivity contribution in [3.8, 4) is 11.1 Å². The maximum Gasteiger partial charge on any atom is 0.0506 e. The van der Waals surface area contributed by atoms with Crippen molar-refractivity contribution in [2.45, 2.75) is 25.1 Å². The Labute approximate surface area is 166 Å². The summed E-state index contributed by atoms with van der Waals surface area (Å²) in [6, 6.07) is 28.0. The standard InChI is InChI=1S/C25H25NS/c1-25(2)16-21(18-27-17-19-10-5-3-6-11-19)23-15-9-14-22(24(23)26-25)20-12-7-4-8-13-20/h3-16,26H,17-18H2,1-2H3. The summed E-state index contributed by atoms with van der Waals surface area (Å²) in [6.07, 6.45) is 2.39. The monoisotopic (exact) mass is 371 g/mol. The molecule has 3 aromatic carbocycles. The summed E-state index contributed by atoms with van der Waals surface area (Å²) in [5, 5.41) is 3.76. The van der Waals surface area contributed by atoms with Gasteiger partial charge in [-0.05, 0) is 30.5 Å². The van der Waals surface area contributed by atoms with Crippen LogP contribution in [0.5, 0.6) is 0 Å². The van der Waals surface area contributed by atoms with Crippen molar-refractivity contribution in [1.82, 2.24) is 0 Å². The van der Waals surface area contributed by atoms with Crippen LogP contribution in [-0.4, -0.2) is 11.3 Å². The molecule has 1 heterocycles. The zero-order valence-corrected chi connectivity index (χ0v) is 16.7. The molecule has 2 heteroatoms. The summed E-state index contributed by atoms with van der Waals surface area (Å²) in [4.78, 5) is 0. The molecule has 0 spiro atoms. The van der Waals surface area contributed by atoms with E-state index in [0.29, 0.717) is 0 Å². The van der Waals surface area contributed by atoms with E-state index in [9.17, 15) is 0 Å². The van der Waals surface area contributed by atoms with Crippen LogP contribution in [0.4, 0.5) is 5.69 Å². The molecule has 0 saturated heterocycles. The minimum absolute atomic E-state index is 0.0550. The minimum atomic E-state index is -0.0550. The minimum Gasteiger partial charge on any atom is -0.376 e. The molecule has 0 fully saturated rings. The van der Waals surface area contributed by atoms with E-state index in [1.165, 1.54) is 33.5 Å². The Balaban J connectivity index is 1.63. The second-order valence-corrected chi connectivity index (χ2v) is 8.57. The Morgan fingerprint density at radius 1 is 0.741 bits per heavy atom. The third-order valence-corrected chi connectivity index (χ3v) is 5.90. The molecule has 0 radical (unpaired) electrons. The van der Waals surface area contributed by atoms with Gasteiger partial charge >= 0.3 is 0 Å². The van der Waals surface area contributed by atoms with Crippen molar-refractivity contribution in [3.05, 3.63) is 96.1 Å². The summed E-state index contributed by atoms with van der Waals surface area (Å²) < 4.78 is 0. The zero-order chi connectivity index (χ0) is 18.7. The van der Waals surface area contributed by atoms with Crippen molar-refractivity contribution in [1.29, 1.82) is 0 Å². The van der Waals surface area contributed by atoms with Gasteiger partial charge in [0, 0.05) is 22.6 Å². The van der Waals surface area contributed by atoms with Gasteiger partial charge in [0.1, 0.15) is 0 Å². The van der Waals surface area contributed by atoms with Gasteiger partial charge in [-0.15, -0.1) is 0 Å². The molecular weight excluding hydrogens is 346 g/mol. The summed E-state index contributed by atoms with van der Waals surface area (Å²) in [6.45, 7) is 4.50. The second kappa shape index (κ2) is 7.66. The third-order valence-electron chi connectivity index (χ3n) is 4.85. The summed E-state index contributed by atoms with van der Waals surface area (Å²) in [5.74, 6) is 2.06. The van der Waals surface area contributed by atoms with Crippen LogP contribution < -0.4 is 5.32 Å². The molecule has 1 N–H and O–H groups in total. The molecule has 1 aliphatic heterocycles. The molecule has 0 bridgehead atoms. The number of anilines is 1. The summed E-state index contributed by atoms with van der Waals surface area (Å²) in [7, 11) is 0. The highest BCUT2D eigenvalue weighted by Gasteiger charge is 2.26. The van der Waals surface area contributed by atoms with E-state index in [0.717, 1.165) is 11.5 Å². The van der Waals surface area contributed by atoms with Gasteiger partial charge in [0.15, 0.2) is 0 Å². The molecule has 0 atom stereocenters. The largest absolute Gasteiger partial charge is 0.376 e. The normalized spacial score (nSPS) is 14.8. The van der Waals surface area contributed by atoms with Crippen LogP contribution in [0, 0.1) is 0 Å². The molecule has 27 heavy (non-hydrogen) atoms. The average molecular weight is 372 g/mol. The van der Waals surface area contributed by atoms with E-state index in [1.54, 1.807) is 0 Å². The van der Waals surface area contributed by atoms with E-state index in [1.807, 2.05) is 11.8 Å². The van der Waals surface area contributed by atoms with Gasteiger partial charge < -0.3 is 5.32 Å². The number of thioether (sulfide) groups is 1. The molecule has 136 valence electrons. The SMILES string of the molecule is CC1(C)C=C(CSCc2ccccc2)c2cccc(-c3ccccc3)c2N1. The third kappa shape index (κ3) is 4.12. The van der Waals surface area contributed by atoms with Crippen molar-refractivity contribution < 1.29 is 0 Å². The van der Waals surface area contributed by atoms with Gasteiger partial charge in [-0.25, -0.2) is 0 Å². The second-order valence-electron chi connectivity index (χ2n) is 7.59. The van der Waals surface area contributed by atoms with Gasteiger partial charge in [-0.2, -0.15) is 11.8 Å². The van der Waals surface area contributed by atoms with Gasteiger partial charge in [0.2, 0.25) is 0 Å². The highest BCUT2D eigenvalue weighted by atomic mass is 32.2. The fraction of sp³-hybridized carbons (Fsp3) is 0.200. The predicted molar refractivity (Wildman–Crippen MR) is 120 cm³/mol. The van der Waals surface area contributed by atoms with E-state index in [-0.39, 0.29) is 5.54 Å². The number of hydrogen-bond donors (Lipinski definition) is 1. The first-order valence-corrected chi connectivity index (χ1v) is 10.6. The molecule has 1 nitrogen and oxygen atoms in total. The van der Waals surface area contributed by atoms with E-state index in [2.05, 4.69) is 104 Å². The van der Waals surface area contributed by atoms with Crippen LogP contribution >= 0.6 is 11.8 Å². The van der Waals surface area contributed by atoms with Gasteiger partial charge in [0.05, 0.1) is 11.2 Å². The van der Waals surface area contributed by atoms with Crippen molar-refractivity contribution in [3.63, 3.8) is 0 Å². The van der Waals surface area contributed by atoms with Crippen LogP contribution in [0.2, 0.25) is 0 Å². The van der Waals surface area contributed by atoms with Crippen molar-refractivity contribution in [2.24, 2.45) is 0 Å². The number of rotatable bonds is 5. The number of para-hydroxylation sites is 1.